The fourth-order valence-corrected chi connectivity index (χ4v) is 3.96. The van der Waals surface area contributed by atoms with Crippen LogP contribution in [-0.2, 0) is 18.4 Å². The fraction of sp³-hybridized carbons (Fsp3) is 0.333. The minimum absolute atomic E-state index is 0.132. The summed E-state index contributed by atoms with van der Waals surface area (Å²) in [5.41, 5.74) is 3.33. The van der Waals surface area contributed by atoms with Crippen molar-refractivity contribution in [3.05, 3.63) is 64.7 Å². The average Bonchev–Trinajstić information content (AvgIpc) is 2.99. The number of nitrogens with one attached hydrogen (secondary N) is 2. The lowest BCUT2D eigenvalue weighted by Crippen LogP contribution is -2.41. The number of amides is 2. The first-order chi connectivity index (χ1) is 12.5. The number of benzene rings is 2. The van der Waals surface area contributed by atoms with Gasteiger partial charge in [0, 0.05) is 17.7 Å². The van der Waals surface area contributed by atoms with Crippen LogP contribution in [0.25, 0.3) is 0 Å². The Morgan fingerprint density at radius 2 is 1.92 bits per heavy atom. The van der Waals surface area contributed by atoms with Crippen molar-refractivity contribution < 1.29 is 14.7 Å². The zero-order valence-corrected chi connectivity index (χ0v) is 14.5. The molecule has 3 N–H and O–H groups in total. The van der Waals surface area contributed by atoms with Crippen LogP contribution < -0.4 is 10.6 Å². The van der Waals surface area contributed by atoms with Gasteiger partial charge in [0.1, 0.15) is 5.60 Å². The SMILES string of the molecule is O=C(NCC1(O)CCc2ccccc21)Nc1ccc2c(c1)C(=O)CCC2. The van der Waals surface area contributed by atoms with E-state index >= 15 is 0 Å². The van der Waals surface area contributed by atoms with Crippen molar-refractivity contribution in [2.24, 2.45) is 0 Å². The Hall–Kier alpha value is -2.66. The Bertz CT molecular complexity index is 877. The third-order valence-corrected chi connectivity index (χ3v) is 5.39. The molecule has 2 aromatic rings. The van der Waals surface area contributed by atoms with Gasteiger partial charge in [0.05, 0.1) is 6.54 Å². The molecule has 2 aromatic carbocycles. The topological polar surface area (TPSA) is 78.4 Å². The minimum Gasteiger partial charge on any atom is -0.383 e. The second-order valence-corrected chi connectivity index (χ2v) is 7.15. The van der Waals surface area contributed by atoms with Crippen molar-refractivity contribution in [3.63, 3.8) is 0 Å². The molecule has 0 bridgehead atoms. The van der Waals surface area contributed by atoms with Crippen LogP contribution in [0.5, 0.6) is 0 Å². The lowest BCUT2D eigenvalue weighted by atomic mass is 9.90. The second kappa shape index (κ2) is 6.57. The Kier molecular flexibility index (Phi) is 4.24. The van der Waals surface area contributed by atoms with E-state index in [9.17, 15) is 14.7 Å². The maximum atomic E-state index is 12.3. The summed E-state index contributed by atoms with van der Waals surface area (Å²) in [6.07, 6.45) is 3.76. The van der Waals surface area contributed by atoms with E-state index in [1.165, 1.54) is 0 Å². The summed E-state index contributed by atoms with van der Waals surface area (Å²) in [5, 5.41) is 16.4. The lowest BCUT2D eigenvalue weighted by Gasteiger charge is -2.24. The van der Waals surface area contributed by atoms with Gasteiger partial charge in [0.15, 0.2) is 5.78 Å². The molecule has 5 heteroatoms. The number of fused-ring (bicyclic) bond motifs is 2. The molecule has 0 fully saturated rings. The number of urea groups is 1. The predicted octanol–water partition coefficient (Wildman–Crippen LogP) is 3.16. The third-order valence-electron chi connectivity index (χ3n) is 5.39. The van der Waals surface area contributed by atoms with Crippen molar-refractivity contribution in [1.29, 1.82) is 0 Å². The van der Waals surface area contributed by atoms with Gasteiger partial charge >= 0.3 is 6.03 Å². The molecule has 2 aliphatic carbocycles. The number of hydrogen-bond acceptors (Lipinski definition) is 3. The lowest BCUT2D eigenvalue weighted by molar-refractivity contribution is 0.0417. The standard InChI is InChI=1S/C21H22N2O3/c24-19-7-3-5-14-8-9-16(12-17(14)19)23-20(25)22-13-21(26)11-10-15-4-1-2-6-18(15)21/h1-2,4,6,8-9,12,26H,3,5,7,10-11,13H2,(H2,22,23,25). The first-order valence-corrected chi connectivity index (χ1v) is 9.07. The van der Waals surface area contributed by atoms with Gasteiger partial charge in [-0.2, -0.15) is 0 Å². The summed E-state index contributed by atoms with van der Waals surface area (Å²) in [4.78, 5) is 24.3. The zero-order chi connectivity index (χ0) is 18.1. The quantitative estimate of drug-likeness (QED) is 0.796. The molecule has 1 atom stereocenters. The number of rotatable bonds is 3. The molecule has 4 rings (SSSR count). The molecule has 1 unspecified atom stereocenters. The summed E-state index contributed by atoms with van der Waals surface area (Å²) in [7, 11) is 0. The van der Waals surface area contributed by atoms with Gasteiger partial charge in [-0.3, -0.25) is 4.79 Å². The Labute approximate surface area is 152 Å². The molecule has 134 valence electrons. The van der Waals surface area contributed by atoms with Gasteiger partial charge in [-0.1, -0.05) is 30.3 Å². The molecule has 2 aliphatic rings. The zero-order valence-electron chi connectivity index (χ0n) is 14.5. The van der Waals surface area contributed by atoms with Crippen LogP contribution in [0.2, 0.25) is 0 Å². The predicted molar refractivity (Wildman–Crippen MR) is 99.4 cm³/mol. The summed E-state index contributed by atoms with van der Waals surface area (Å²) < 4.78 is 0. The van der Waals surface area contributed by atoms with Gasteiger partial charge in [-0.05, 0) is 54.5 Å². The van der Waals surface area contributed by atoms with Crippen LogP contribution >= 0.6 is 0 Å². The van der Waals surface area contributed by atoms with Crippen LogP contribution in [0.4, 0.5) is 10.5 Å². The number of aliphatic hydroxyl groups is 1. The normalized spacial score (nSPS) is 21.0. The largest absolute Gasteiger partial charge is 0.383 e. The minimum atomic E-state index is -1.03. The van der Waals surface area contributed by atoms with E-state index in [-0.39, 0.29) is 18.4 Å². The maximum Gasteiger partial charge on any atom is 0.319 e. The number of aryl methyl sites for hydroxylation is 2. The van der Waals surface area contributed by atoms with Crippen LogP contribution in [0.1, 0.15) is 46.3 Å². The Morgan fingerprint density at radius 3 is 2.81 bits per heavy atom. The molecule has 2 amide bonds. The molecule has 0 spiro atoms. The Morgan fingerprint density at radius 1 is 1.08 bits per heavy atom. The number of Topliss-reactive ketones (excluding diaryl/α,β-unsaturated/α-hetero) is 1. The summed E-state index contributed by atoms with van der Waals surface area (Å²) in [5.74, 6) is 0.132. The summed E-state index contributed by atoms with van der Waals surface area (Å²) in [6.45, 7) is 0.152. The molecule has 0 heterocycles. The monoisotopic (exact) mass is 350 g/mol. The van der Waals surface area contributed by atoms with Gasteiger partial charge in [-0.25, -0.2) is 4.79 Å². The van der Waals surface area contributed by atoms with E-state index in [0.29, 0.717) is 24.1 Å². The summed E-state index contributed by atoms with van der Waals surface area (Å²) in [6, 6.07) is 12.9. The van der Waals surface area contributed by atoms with Crippen molar-refractivity contribution in [3.8, 4) is 0 Å². The first kappa shape index (κ1) is 16.8. The highest BCUT2D eigenvalue weighted by atomic mass is 16.3. The smallest absolute Gasteiger partial charge is 0.319 e. The molecule has 0 aliphatic heterocycles. The van der Waals surface area contributed by atoms with Gasteiger partial charge in [-0.15, -0.1) is 0 Å². The molecular formula is C21H22N2O3. The number of carbonyl (C=O) groups excluding carboxylic acids is 2. The first-order valence-electron chi connectivity index (χ1n) is 9.07. The van der Waals surface area contributed by atoms with E-state index in [2.05, 4.69) is 10.6 Å². The van der Waals surface area contributed by atoms with Gasteiger partial charge in [0.2, 0.25) is 0 Å². The number of carbonyl (C=O) groups is 2. The highest BCUT2D eigenvalue weighted by Crippen LogP contribution is 2.36. The van der Waals surface area contributed by atoms with Crippen molar-refractivity contribution >= 4 is 17.5 Å². The number of anilines is 1. The molecule has 0 saturated heterocycles. The second-order valence-electron chi connectivity index (χ2n) is 7.15. The van der Waals surface area contributed by atoms with Crippen LogP contribution in [0.15, 0.2) is 42.5 Å². The number of hydrogen-bond donors (Lipinski definition) is 3. The molecule has 0 aromatic heterocycles. The van der Waals surface area contributed by atoms with Crippen LogP contribution in [0.3, 0.4) is 0 Å². The van der Waals surface area contributed by atoms with E-state index in [4.69, 9.17) is 0 Å². The van der Waals surface area contributed by atoms with Crippen LogP contribution in [-0.4, -0.2) is 23.5 Å². The van der Waals surface area contributed by atoms with Gasteiger partial charge < -0.3 is 15.7 Å². The molecule has 5 nitrogen and oxygen atoms in total. The van der Waals surface area contributed by atoms with Crippen molar-refractivity contribution in [2.75, 3.05) is 11.9 Å². The molecule has 0 saturated carbocycles. The van der Waals surface area contributed by atoms with E-state index in [1.807, 2.05) is 36.4 Å². The molecule has 26 heavy (non-hydrogen) atoms. The summed E-state index contributed by atoms with van der Waals surface area (Å²) >= 11 is 0. The van der Waals surface area contributed by atoms with Crippen molar-refractivity contribution in [1.82, 2.24) is 5.32 Å². The third kappa shape index (κ3) is 3.10. The fourth-order valence-electron chi connectivity index (χ4n) is 3.96. The van der Waals surface area contributed by atoms with Gasteiger partial charge in [0.25, 0.3) is 0 Å². The van der Waals surface area contributed by atoms with Crippen LogP contribution in [0, 0.1) is 0 Å². The van der Waals surface area contributed by atoms with E-state index in [1.54, 1.807) is 6.07 Å². The average molecular weight is 350 g/mol. The van der Waals surface area contributed by atoms with E-state index < -0.39 is 5.60 Å². The highest BCUT2D eigenvalue weighted by molar-refractivity contribution is 6.00. The van der Waals surface area contributed by atoms with Crippen molar-refractivity contribution in [2.45, 2.75) is 37.7 Å². The Balaban J connectivity index is 1.41. The number of ketones is 1. The highest BCUT2D eigenvalue weighted by Gasteiger charge is 2.36. The molecular weight excluding hydrogens is 328 g/mol. The molecule has 0 radical (unpaired) electrons. The maximum absolute atomic E-state index is 12.3. The van der Waals surface area contributed by atoms with E-state index in [0.717, 1.165) is 36.0 Å².